The van der Waals surface area contributed by atoms with Crippen molar-refractivity contribution in [1.82, 2.24) is 0 Å². The van der Waals surface area contributed by atoms with E-state index in [1.807, 2.05) is 0 Å². The molecule has 0 saturated heterocycles. The minimum atomic E-state index is -0.681. The maximum Gasteiger partial charge on any atom is 0.325 e. The van der Waals surface area contributed by atoms with Gasteiger partial charge in [-0.3, -0.25) is 14.9 Å². The van der Waals surface area contributed by atoms with Crippen molar-refractivity contribution in [2.75, 3.05) is 0 Å². The number of carbonyl (C=O) groups is 1. The summed E-state index contributed by atoms with van der Waals surface area (Å²) in [6.45, 7) is 1.59. The van der Waals surface area contributed by atoms with E-state index in [4.69, 9.17) is 10.00 Å². The maximum absolute atomic E-state index is 11.0. The van der Waals surface area contributed by atoms with Crippen molar-refractivity contribution in [3.8, 4) is 11.8 Å². The van der Waals surface area contributed by atoms with Crippen molar-refractivity contribution in [2.24, 2.45) is 0 Å². The Morgan fingerprint density at radius 1 is 1.62 bits per heavy atom. The van der Waals surface area contributed by atoms with Crippen LogP contribution in [0.15, 0.2) is 18.2 Å². The van der Waals surface area contributed by atoms with Crippen LogP contribution in [-0.2, 0) is 4.79 Å². The number of benzene rings is 1. The average molecular weight is 220 g/mol. The zero-order valence-corrected chi connectivity index (χ0v) is 8.47. The fourth-order valence-electron chi connectivity index (χ4n) is 1.08. The summed E-state index contributed by atoms with van der Waals surface area (Å²) in [5, 5.41) is 18.7. The van der Waals surface area contributed by atoms with Crippen LogP contribution in [0.3, 0.4) is 0 Å². The Labute approximate surface area is 91.2 Å². The third kappa shape index (κ3) is 2.78. The molecule has 0 N–H and O–H groups in total. The zero-order chi connectivity index (χ0) is 12.1. The fourth-order valence-corrected chi connectivity index (χ4v) is 1.08. The third-order valence-electron chi connectivity index (χ3n) is 1.82. The van der Waals surface area contributed by atoms with E-state index in [1.54, 1.807) is 13.0 Å². The summed E-state index contributed by atoms with van der Waals surface area (Å²) in [5.74, 6) is -0.453. The molecule has 0 saturated carbocycles. The molecule has 0 spiro atoms. The molecule has 0 aliphatic heterocycles. The Balaban J connectivity index is 2.88. The molecule has 1 rings (SSSR count). The van der Waals surface area contributed by atoms with Crippen molar-refractivity contribution >= 4 is 11.7 Å². The monoisotopic (exact) mass is 220 g/mol. The maximum atomic E-state index is 11.0. The zero-order valence-electron chi connectivity index (χ0n) is 8.47. The van der Waals surface area contributed by atoms with Gasteiger partial charge in [0.2, 0.25) is 0 Å². The summed E-state index contributed by atoms with van der Waals surface area (Å²) in [4.78, 5) is 20.9. The van der Waals surface area contributed by atoms with Gasteiger partial charge in [0.15, 0.2) is 0 Å². The molecule has 1 aromatic carbocycles. The summed E-state index contributed by atoms with van der Waals surface area (Å²) < 4.78 is 4.84. The molecule has 0 aromatic heterocycles. The van der Waals surface area contributed by atoms with Crippen molar-refractivity contribution in [1.29, 1.82) is 5.26 Å². The molecular weight excluding hydrogens is 212 g/mol. The van der Waals surface area contributed by atoms with Gasteiger partial charge in [-0.1, -0.05) is 0 Å². The van der Waals surface area contributed by atoms with Crippen LogP contribution in [0.25, 0.3) is 0 Å². The SMILES string of the molecule is Cc1cc([N+](=O)[O-])ccc1OC(=O)CC#N. The first-order valence-electron chi connectivity index (χ1n) is 4.37. The normalized spacial score (nSPS) is 9.25. The number of non-ortho nitro benzene ring substituents is 1. The predicted octanol–water partition coefficient (Wildman–Crippen LogP) is 1.72. The quantitative estimate of drug-likeness (QED) is 0.334. The largest absolute Gasteiger partial charge is 0.425 e. The second-order valence-electron chi connectivity index (χ2n) is 3.02. The Kier molecular flexibility index (Phi) is 3.56. The van der Waals surface area contributed by atoms with Gasteiger partial charge < -0.3 is 4.74 Å². The van der Waals surface area contributed by atoms with E-state index in [0.29, 0.717) is 5.56 Å². The summed E-state index contributed by atoms with van der Waals surface area (Å²) in [6.07, 6.45) is -0.351. The molecule has 0 amide bonds. The van der Waals surface area contributed by atoms with E-state index in [2.05, 4.69) is 0 Å². The number of nitriles is 1. The molecule has 0 fully saturated rings. The first-order chi connectivity index (χ1) is 7.54. The lowest BCUT2D eigenvalue weighted by Gasteiger charge is -2.04. The van der Waals surface area contributed by atoms with Crippen LogP contribution >= 0.6 is 0 Å². The van der Waals surface area contributed by atoms with Crippen molar-refractivity contribution < 1.29 is 14.5 Å². The smallest absolute Gasteiger partial charge is 0.325 e. The second kappa shape index (κ2) is 4.89. The van der Waals surface area contributed by atoms with Crippen LogP contribution in [0.4, 0.5) is 5.69 Å². The number of nitro benzene ring substituents is 1. The van der Waals surface area contributed by atoms with Gasteiger partial charge in [-0.15, -0.1) is 0 Å². The van der Waals surface area contributed by atoms with Crippen molar-refractivity contribution in [3.05, 3.63) is 33.9 Å². The summed E-state index contributed by atoms with van der Waals surface area (Å²) in [7, 11) is 0. The van der Waals surface area contributed by atoms with Gasteiger partial charge in [0.25, 0.3) is 5.69 Å². The first kappa shape index (κ1) is 11.7. The number of ether oxygens (including phenoxy) is 1. The van der Waals surface area contributed by atoms with Crippen LogP contribution in [0, 0.1) is 28.4 Å². The topological polar surface area (TPSA) is 93.2 Å². The number of carbonyl (C=O) groups excluding carboxylic acids is 1. The van der Waals surface area contributed by atoms with E-state index in [-0.39, 0.29) is 17.9 Å². The molecule has 0 heterocycles. The highest BCUT2D eigenvalue weighted by Gasteiger charge is 2.11. The first-order valence-corrected chi connectivity index (χ1v) is 4.37. The summed E-state index contributed by atoms with van der Waals surface area (Å²) >= 11 is 0. The molecule has 16 heavy (non-hydrogen) atoms. The molecule has 0 aliphatic carbocycles. The minimum Gasteiger partial charge on any atom is -0.425 e. The molecule has 6 nitrogen and oxygen atoms in total. The highest BCUT2D eigenvalue weighted by molar-refractivity contribution is 5.75. The van der Waals surface area contributed by atoms with Crippen LogP contribution in [-0.4, -0.2) is 10.9 Å². The highest BCUT2D eigenvalue weighted by Crippen LogP contribution is 2.23. The lowest BCUT2D eigenvalue weighted by Crippen LogP contribution is -2.07. The summed E-state index contributed by atoms with van der Waals surface area (Å²) in [6, 6.07) is 5.53. The van der Waals surface area contributed by atoms with E-state index in [1.165, 1.54) is 18.2 Å². The van der Waals surface area contributed by atoms with E-state index < -0.39 is 10.9 Å². The summed E-state index contributed by atoms with van der Waals surface area (Å²) in [5.41, 5.74) is 0.401. The Morgan fingerprint density at radius 2 is 2.31 bits per heavy atom. The number of nitro groups is 1. The molecule has 6 heteroatoms. The van der Waals surface area contributed by atoms with Crippen LogP contribution in [0.5, 0.6) is 5.75 Å². The molecule has 0 atom stereocenters. The lowest BCUT2D eigenvalue weighted by molar-refractivity contribution is -0.384. The molecular formula is C10H8N2O4. The molecule has 0 aliphatic rings. The number of rotatable bonds is 3. The number of hydrogen-bond donors (Lipinski definition) is 0. The number of hydrogen-bond acceptors (Lipinski definition) is 5. The van der Waals surface area contributed by atoms with Gasteiger partial charge >= 0.3 is 5.97 Å². The van der Waals surface area contributed by atoms with Gasteiger partial charge in [0.05, 0.1) is 11.0 Å². The molecule has 82 valence electrons. The van der Waals surface area contributed by atoms with Crippen LogP contribution < -0.4 is 4.74 Å². The molecule has 0 unspecified atom stereocenters. The van der Waals surface area contributed by atoms with Crippen LogP contribution in [0.1, 0.15) is 12.0 Å². The molecule has 0 bridgehead atoms. The Bertz CT molecular complexity index is 476. The van der Waals surface area contributed by atoms with Gasteiger partial charge in [-0.25, -0.2) is 0 Å². The number of aryl methyl sites for hydroxylation is 1. The Hall–Kier alpha value is -2.42. The molecule has 1 aromatic rings. The van der Waals surface area contributed by atoms with E-state index >= 15 is 0 Å². The predicted molar refractivity (Wildman–Crippen MR) is 53.7 cm³/mol. The van der Waals surface area contributed by atoms with E-state index in [0.717, 1.165) is 0 Å². The molecule has 0 radical (unpaired) electrons. The lowest BCUT2D eigenvalue weighted by atomic mass is 10.2. The van der Waals surface area contributed by atoms with E-state index in [9.17, 15) is 14.9 Å². The van der Waals surface area contributed by atoms with Gasteiger partial charge in [-0.05, 0) is 18.6 Å². The minimum absolute atomic E-state index is 0.0717. The van der Waals surface area contributed by atoms with Crippen molar-refractivity contribution in [3.63, 3.8) is 0 Å². The highest BCUT2D eigenvalue weighted by atomic mass is 16.6. The second-order valence-corrected chi connectivity index (χ2v) is 3.02. The fraction of sp³-hybridized carbons (Fsp3) is 0.200. The van der Waals surface area contributed by atoms with Gasteiger partial charge in [-0.2, -0.15) is 5.26 Å². The van der Waals surface area contributed by atoms with Gasteiger partial charge in [0.1, 0.15) is 12.2 Å². The van der Waals surface area contributed by atoms with Crippen molar-refractivity contribution in [2.45, 2.75) is 13.3 Å². The third-order valence-corrected chi connectivity index (χ3v) is 1.82. The average Bonchev–Trinajstić information content (AvgIpc) is 2.21. The Morgan fingerprint density at radius 3 is 2.81 bits per heavy atom. The van der Waals surface area contributed by atoms with Gasteiger partial charge in [0, 0.05) is 12.1 Å². The van der Waals surface area contributed by atoms with Crippen LogP contribution in [0.2, 0.25) is 0 Å². The number of esters is 1. The number of nitrogens with zero attached hydrogens (tertiary/aromatic N) is 2. The standard InChI is InChI=1S/C10H8N2O4/c1-7-6-8(12(14)15)2-3-9(7)16-10(13)4-5-11/h2-3,6H,4H2,1H3.